The number of thioether (sulfide) groups is 1. The zero-order valence-corrected chi connectivity index (χ0v) is 16.9. The first-order chi connectivity index (χ1) is 12.2. The van der Waals surface area contributed by atoms with E-state index in [1.807, 2.05) is 27.0 Å². The number of hydrogen-bond acceptors (Lipinski definition) is 7. The molecule has 0 aliphatic carbocycles. The number of halogens is 1. The average Bonchev–Trinajstić information content (AvgIpc) is 2.96. The molecule has 3 heterocycles. The van der Waals surface area contributed by atoms with Crippen LogP contribution >= 0.6 is 23.4 Å². The third kappa shape index (κ3) is 3.69. The first-order valence-electron chi connectivity index (χ1n) is 8.41. The smallest absolute Gasteiger partial charge is 0.410 e. The zero-order valence-electron chi connectivity index (χ0n) is 15.4. The van der Waals surface area contributed by atoms with Gasteiger partial charge in [0.15, 0.2) is 16.1 Å². The Balaban J connectivity index is 1.70. The molecule has 0 radical (unpaired) electrons. The quantitative estimate of drug-likeness (QED) is 0.432. The number of anilines is 1. The maximum atomic E-state index is 12.2. The van der Waals surface area contributed by atoms with Gasteiger partial charge in [-0.3, -0.25) is 0 Å². The van der Waals surface area contributed by atoms with Crippen LogP contribution in [-0.2, 0) is 4.74 Å². The van der Waals surface area contributed by atoms with Crippen LogP contribution < -0.4 is 4.90 Å². The summed E-state index contributed by atoms with van der Waals surface area (Å²) in [6.07, 6.45) is 2.54. The van der Waals surface area contributed by atoms with Crippen LogP contribution in [0.25, 0.3) is 0 Å². The Morgan fingerprint density at radius 1 is 1.35 bits per heavy atom. The molecule has 0 saturated carbocycles. The second-order valence-electron chi connectivity index (χ2n) is 7.82. The van der Waals surface area contributed by atoms with E-state index in [1.165, 1.54) is 11.8 Å². The number of carbonyl (C=O) groups is 1. The van der Waals surface area contributed by atoms with Gasteiger partial charge in [-0.25, -0.2) is 14.8 Å². The number of aromatic nitrogens is 2. The average molecular weight is 396 g/mol. The molecule has 9 heteroatoms. The van der Waals surface area contributed by atoms with Crippen molar-refractivity contribution < 1.29 is 9.53 Å². The summed E-state index contributed by atoms with van der Waals surface area (Å²) in [5.41, 5.74) is -0.153. The fraction of sp³-hybridized carbons (Fsp3) is 0.647. The van der Waals surface area contributed by atoms with E-state index in [0.717, 1.165) is 19.5 Å². The van der Waals surface area contributed by atoms with Gasteiger partial charge < -0.3 is 14.5 Å². The van der Waals surface area contributed by atoms with Crippen LogP contribution in [0.2, 0.25) is 5.15 Å². The van der Waals surface area contributed by atoms with Crippen LogP contribution in [0, 0.1) is 16.7 Å². The van der Waals surface area contributed by atoms with Gasteiger partial charge in [-0.15, -0.1) is 0 Å². The molecule has 2 fully saturated rings. The van der Waals surface area contributed by atoms with Crippen molar-refractivity contribution in [3.05, 3.63) is 10.7 Å². The first kappa shape index (κ1) is 19.1. The van der Waals surface area contributed by atoms with Crippen molar-refractivity contribution in [1.29, 1.82) is 5.26 Å². The van der Waals surface area contributed by atoms with E-state index >= 15 is 0 Å². The maximum absolute atomic E-state index is 12.2. The molecule has 2 aliphatic heterocycles. The van der Waals surface area contributed by atoms with E-state index in [0.29, 0.717) is 29.6 Å². The highest BCUT2D eigenvalue weighted by molar-refractivity contribution is 7.98. The van der Waals surface area contributed by atoms with Gasteiger partial charge in [-0.05, 0) is 33.4 Å². The molecule has 0 unspecified atom stereocenters. The molecule has 26 heavy (non-hydrogen) atoms. The fourth-order valence-corrected chi connectivity index (χ4v) is 4.03. The van der Waals surface area contributed by atoms with Crippen molar-refractivity contribution in [2.75, 3.05) is 37.3 Å². The van der Waals surface area contributed by atoms with Crippen LogP contribution in [0.15, 0.2) is 5.16 Å². The minimum absolute atomic E-state index is 0.0284. The Hall–Kier alpha value is -1.72. The Labute approximate surface area is 162 Å². The van der Waals surface area contributed by atoms with E-state index in [9.17, 15) is 10.1 Å². The molecule has 0 N–H and O–H groups in total. The number of nitriles is 1. The molecule has 0 aromatic carbocycles. The van der Waals surface area contributed by atoms with Crippen molar-refractivity contribution in [3.8, 4) is 6.07 Å². The number of rotatable bonds is 2. The van der Waals surface area contributed by atoms with E-state index in [4.69, 9.17) is 16.3 Å². The number of carbonyl (C=O) groups excluding carboxylic acids is 1. The molecule has 0 atom stereocenters. The summed E-state index contributed by atoms with van der Waals surface area (Å²) in [5.74, 6) is 0.587. The lowest BCUT2D eigenvalue weighted by Crippen LogP contribution is -2.60. The van der Waals surface area contributed by atoms with E-state index in [2.05, 4.69) is 20.9 Å². The van der Waals surface area contributed by atoms with Crippen molar-refractivity contribution in [2.45, 2.75) is 37.9 Å². The van der Waals surface area contributed by atoms with Crippen LogP contribution in [-0.4, -0.2) is 59.0 Å². The molecule has 3 rings (SSSR count). The van der Waals surface area contributed by atoms with Crippen LogP contribution in [0.1, 0.15) is 32.8 Å². The number of nitrogens with zero attached hydrogens (tertiary/aromatic N) is 5. The molecule has 7 nitrogen and oxygen atoms in total. The van der Waals surface area contributed by atoms with E-state index in [-0.39, 0.29) is 16.7 Å². The van der Waals surface area contributed by atoms with Gasteiger partial charge in [0.2, 0.25) is 0 Å². The summed E-state index contributed by atoms with van der Waals surface area (Å²) >= 11 is 7.55. The number of likely N-dealkylation sites (tertiary alicyclic amines) is 1. The Morgan fingerprint density at radius 3 is 2.62 bits per heavy atom. The number of amides is 1. The molecule has 1 amide bonds. The molecule has 1 aromatic rings. The summed E-state index contributed by atoms with van der Waals surface area (Å²) in [4.78, 5) is 24.6. The SMILES string of the molecule is CSc1nc(Cl)c(C#N)c(N2CCC3(CN(C(=O)OC(C)(C)C)C3)C2)n1. The minimum atomic E-state index is -0.491. The molecule has 0 bridgehead atoms. The van der Waals surface area contributed by atoms with Crippen molar-refractivity contribution >= 4 is 35.3 Å². The molecule has 140 valence electrons. The molecular weight excluding hydrogens is 374 g/mol. The summed E-state index contributed by atoms with van der Waals surface area (Å²) in [7, 11) is 0. The zero-order chi connectivity index (χ0) is 19.1. The molecule has 1 aromatic heterocycles. The first-order valence-corrected chi connectivity index (χ1v) is 10.0. The molecule has 1 spiro atoms. The van der Waals surface area contributed by atoms with Crippen LogP contribution in [0.4, 0.5) is 10.6 Å². The molecule has 2 saturated heterocycles. The fourth-order valence-electron chi connectivity index (χ4n) is 3.41. The highest BCUT2D eigenvalue weighted by Crippen LogP contribution is 2.42. The van der Waals surface area contributed by atoms with Gasteiger partial charge in [0.1, 0.15) is 17.2 Å². The van der Waals surface area contributed by atoms with Gasteiger partial charge in [0.25, 0.3) is 0 Å². The van der Waals surface area contributed by atoms with Crippen molar-refractivity contribution in [3.63, 3.8) is 0 Å². The number of ether oxygens (including phenoxy) is 1. The van der Waals surface area contributed by atoms with Gasteiger partial charge in [0, 0.05) is 31.6 Å². The summed E-state index contributed by atoms with van der Waals surface area (Å²) < 4.78 is 5.43. The predicted octanol–water partition coefficient (Wildman–Crippen LogP) is 3.17. The highest BCUT2D eigenvalue weighted by atomic mass is 35.5. The second-order valence-corrected chi connectivity index (χ2v) is 8.95. The Bertz CT molecular complexity index is 768. The van der Waals surface area contributed by atoms with Crippen molar-refractivity contribution in [1.82, 2.24) is 14.9 Å². The van der Waals surface area contributed by atoms with E-state index in [1.54, 1.807) is 4.90 Å². The minimum Gasteiger partial charge on any atom is -0.444 e. The second kappa shape index (κ2) is 6.78. The Kier molecular flexibility index (Phi) is 4.97. The van der Waals surface area contributed by atoms with Crippen molar-refractivity contribution in [2.24, 2.45) is 5.41 Å². The molecule has 2 aliphatic rings. The predicted molar refractivity (Wildman–Crippen MR) is 101 cm³/mol. The van der Waals surface area contributed by atoms with Gasteiger partial charge >= 0.3 is 6.09 Å². The number of hydrogen-bond donors (Lipinski definition) is 0. The van der Waals surface area contributed by atoms with Crippen LogP contribution in [0.3, 0.4) is 0 Å². The maximum Gasteiger partial charge on any atom is 0.410 e. The standard InChI is InChI=1S/C17H22ClN5O2S/c1-16(2,3)25-15(24)23-9-17(10-23)5-6-22(8-17)13-11(7-19)12(18)20-14(21-13)26-4/h5-6,8-10H2,1-4H3. The summed E-state index contributed by atoms with van der Waals surface area (Å²) in [6.45, 7) is 8.43. The Morgan fingerprint density at radius 2 is 2.04 bits per heavy atom. The van der Waals surface area contributed by atoms with Gasteiger partial charge in [-0.1, -0.05) is 23.4 Å². The normalized spacial score (nSPS) is 18.6. The summed E-state index contributed by atoms with van der Waals surface area (Å²) in [5, 5.41) is 10.2. The lowest BCUT2D eigenvalue weighted by molar-refractivity contribution is -0.0266. The van der Waals surface area contributed by atoms with Gasteiger partial charge in [-0.2, -0.15) is 5.26 Å². The van der Waals surface area contributed by atoms with E-state index < -0.39 is 5.60 Å². The third-order valence-corrected chi connectivity index (χ3v) is 5.38. The lowest BCUT2D eigenvalue weighted by Gasteiger charge is -2.47. The van der Waals surface area contributed by atoms with Gasteiger partial charge in [0.05, 0.1) is 0 Å². The largest absolute Gasteiger partial charge is 0.444 e. The monoisotopic (exact) mass is 395 g/mol. The summed E-state index contributed by atoms with van der Waals surface area (Å²) in [6, 6.07) is 2.12. The molecular formula is C17H22ClN5O2S. The third-order valence-electron chi connectivity index (χ3n) is 4.56. The lowest BCUT2D eigenvalue weighted by atomic mass is 9.79. The topological polar surface area (TPSA) is 82.4 Å². The highest BCUT2D eigenvalue weighted by Gasteiger charge is 2.50. The van der Waals surface area contributed by atoms with Crippen LogP contribution in [0.5, 0.6) is 0 Å².